The van der Waals surface area contributed by atoms with Gasteiger partial charge >= 0.3 is 0 Å². The lowest BCUT2D eigenvalue weighted by Gasteiger charge is -2.08. The lowest BCUT2D eigenvalue weighted by atomic mass is 10.2. The molecule has 20 heavy (non-hydrogen) atoms. The molecule has 0 saturated heterocycles. The molecule has 0 aliphatic carbocycles. The zero-order chi connectivity index (χ0) is 14.2. The Hall–Kier alpha value is -2.29. The first-order valence-corrected chi connectivity index (χ1v) is 6.78. The Kier molecular flexibility index (Phi) is 5.18. The SMILES string of the molecule is CCCCOc1ccc(Oc2ccc(C=O)cc2)cc1. The van der Waals surface area contributed by atoms with Crippen LogP contribution in [-0.2, 0) is 0 Å². The van der Waals surface area contributed by atoms with Crippen molar-refractivity contribution in [3.63, 3.8) is 0 Å². The minimum absolute atomic E-state index is 0.636. The Labute approximate surface area is 119 Å². The van der Waals surface area contributed by atoms with Crippen molar-refractivity contribution in [2.75, 3.05) is 6.61 Å². The second-order valence-electron chi connectivity index (χ2n) is 4.46. The summed E-state index contributed by atoms with van der Waals surface area (Å²) in [4.78, 5) is 10.6. The highest BCUT2D eigenvalue weighted by atomic mass is 16.5. The minimum Gasteiger partial charge on any atom is -0.494 e. The van der Waals surface area contributed by atoms with Gasteiger partial charge in [0.25, 0.3) is 0 Å². The Morgan fingerprint density at radius 3 is 2.00 bits per heavy atom. The highest BCUT2D eigenvalue weighted by Crippen LogP contribution is 2.24. The van der Waals surface area contributed by atoms with Gasteiger partial charge in [-0.1, -0.05) is 13.3 Å². The molecule has 104 valence electrons. The standard InChI is InChI=1S/C17H18O3/c1-2-3-12-19-15-8-10-17(11-9-15)20-16-6-4-14(13-18)5-7-16/h4-11,13H,2-3,12H2,1H3. The van der Waals surface area contributed by atoms with E-state index in [-0.39, 0.29) is 0 Å². The van der Waals surface area contributed by atoms with Crippen molar-refractivity contribution in [1.29, 1.82) is 0 Å². The fourth-order valence-corrected chi connectivity index (χ4v) is 1.69. The van der Waals surface area contributed by atoms with E-state index in [0.29, 0.717) is 11.3 Å². The van der Waals surface area contributed by atoms with Gasteiger partial charge in [-0.2, -0.15) is 0 Å². The molecule has 0 saturated carbocycles. The van der Waals surface area contributed by atoms with Gasteiger partial charge in [-0.15, -0.1) is 0 Å². The van der Waals surface area contributed by atoms with Crippen LogP contribution in [0.2, 0.25) is 0 Å². The highest BCUT2D eigenvalue weighted by molar-refractivity contribution is 5.74. The Morgan fingerprint density at radius 2 is 1.45 bits per heavy atom. The molecule has 2 aromatic rings. The largest absolute Gasteiger partial charge is 0.494 e. The number of hydrogen-bond acceptors (Lipinski definition) is 3. The maximum absolute atomic E-state index is 10.6. The predicted molar refractivity (Wildman–Crippen MR) is 78.7 cm³/mol. The van der Waals surface area contributed by atoms with E-state index in [1.807, 2.05) is 24.3 Å². The lowest BCUT2D eigenvalue weighted by molar-refractivity contribution is 0.112. The summed E-state index contributed by atoms with van der Waals surface area (Å²) >= 11 is 0. The summed E-state index contributed by atoms with van der Waals surface area (Å²) < 4.78 is 11.3. The molecule has 0 aliphatic rings. The summed E-state index contributed by atoms with van der Waals surface area (Å²) in [5, 5.41) is 0. The summed E-state index contributed by atoms with van der Waals surface area (Å²) in [5.41, 5.74) is 0.636. The molecule has 0 heterocycles. The van der Waals surface area contributed by atoms with E-state index in [9.17, 15) is 4.79 Å². The van der Waals surface area contributed by atoms with E-state index in [1.54, 1.807) is 24.3 Å². The average molecular weight is 270 g/mol. The third kappa shape index (κ3) is 4.12. The van der Waals surface area contributed by atoms with Crippen LogP contribution in [-0.4, -0.2) is 12.9 Å². The maximum atomic E-state index is 10.6. The maximum Gasteiger partial charge on any atom is 0.150 e. The van der Waals surface area contributed by atoms with E-state index in [4.69, 9.17) is 9.47 Å². The Bertz CT molecular complexity index is 529. The smallest absolute Gasteiger partial charge is 0.150 e. The third-order valence-corrected chi connectivity index (χ3v) is 2.84. The van der Waals surface area contributed by atoms with Gasteiger partial charge in [-0.3, -0.25) is 4.79 Å². The molecular formula is C17H18O3. The Balaban J connectivity index is 1.93. The molecule has 0 amide bonds. The second kappa shape index (κ2) is 7.34. The zero-order valence-electron chi connectivity index (χ0n) is 11.5. The van der Waals surface area contributed by atoms with Crippen molar-refractivity contribution in [1.82, 2.24) is 0 Å². The Morgan fingerprint density at radius 1 is 0.900 bits per heavy atom. The molecule has 2 rings (SSSR count). The number of carbonyl (C=O) groups excluding carboxylic acids is 1. The molecule has 0 spiro atoms. The summed E-state index contributed by atoms with van der Waals surface area (Å²) in [6.07, 6.45) is 2.99. The van der Waals surface area contributed by atoms with Gasteiger partial charge < -0.3 is 9.47 Å². The molecule has 0 bridgehead atoms. The quantitative estimate of drug-likeness (QED) is 0.550. The molecule has 0 radical (unpaired) electrons. The third-order valence-electron chi connectivity index (χ3n) is 2.84. The normalized spacial score (nSPS) is 10.1. The first-order chi connectivity index (χ1) is 9.81. The number of aldehydes is 1. The van der Waals surface area contributed by atoms with Crippen molar-refractivity contribution >= 4 is 6.29 Å². The molecule has 3 nitrogen and oxygen atoms in total. The van der Waals surface area contributed by atoms with E-state index in [1.165, 1.54) is 0 Å². The van der Waals surface area contributed by atoms with Gasteiger partial charge in [0, 0.05) is 5.56 Å². The molecule has 0 atom stereocenters. The molecule has 3 heteroatoms. The summed E-state index contributed by atoms with van der Waals surface area (Å²) in [7, 11) is 0. The van der Waals surface area contributed by atoms with Crippen molar-refractivity contribution < 1.29 is 14.3 Å². The van der Waals surface area contributed by atoms with Crippen LogP contribution >= 0.6 is 0 Å². The van der Waals surface area contributed by atoms with Crippen LogP contribution in [0.5, 0.6) is 17.2 Å². The van der Waals surface area contributed by atoms with Gasteiger partial charge in [0.2, 0.25) is 0 Å². The first-order valence-electron chi connectivity index (χ1n) is 6.78. The molecule has 0 fully saturated rings. The van der Waals surface area contributed by atoms with Crippen molar-refractivity contribution in [3.8, 4) is 17.2 Å². The zero-order valence-corrected chi connectivity index (χ0v) is 11.5. The fourth-order valence-electron chi connectivity index (χ4n) is 1.69. The molecule has 2 aromatic carbocycles. The first kappa shape index (κ1) is 14.1. The second-order valence-corrected chi connectivity index (χ2v) is 4.46. The van der Waals surface area contributed by atoms with Crippen LogP contribution in [0, 0.1) is 0 Å². The van der Waals surface area contributed by atoms with Crippen molar-refractivity contribution in [3.05, 3.63) is 54.1 Å². The topological polar surface area (TPSA) is 35.5 Å². The number of hydrogen-bond donors (Lipinski definition) is 0. The summed E-state index contributed by atoms with van der Waals surface area (Å²) in [6.45, 7) is 2.88. The van der Waals surface area contributed by atoms with Gasteiger partial charge in [0.05, 0.1) is 6.61 Å². The fraction of sp³-hybridized carbons (Fsp3) is 0.235. The van der Waals surface area contributed by atoms with E-state index >= 15 is 0 Å². The van der Waals surface area contributed by atoms with Crippen LogP contribution in [0.4, 0.5) is 0 Å². The number of carbonyl (C=O) groups is 1. The molecule has 0 unspecified atom stereocenters. The van der Waals surface area contributed by atoms with E-state index in [0.717, 1.165) is 37.2 Å². The number of unbranched alkanes of at least 4 members (excludes halogenated alkanes) is 1. The van der Waals surface area contributed by atoms with Gasteiger partial charge in [-0.25, -0.2) is 0 Å². The van der Waals surface area contributed by atoms with Crippen LogP contribution in [0.15, 0.2) is 48.5 Å². The number of rotatable bonds is 7. The average Bonchev–Trinajstić information content (AvgIpc) is 2.50. The van der Waals surface area contributed by atoms with Gasteiger partial charge in [0.1, 0.15) is 23.5 Å². The van der Waals surface area contributed by atoms with Gasteiger partial charge in [0.15, 0.2) is 0 Å². The van der Waals surface area contributed by atoms with E-state index in [2.05, 4.69) is 6.92 Å². The molecule has 0 aromatic heterocycles. The highest BCUT2D eigenvalue weighted by Gasteiger charge is 1.99. The predicted octanol–water partition coefficient (Wildman–Crippen LogP) is 4.47. The van der Waals surface area contributed by atoms with Crippen LogP contribution in [0.25, 0.3) is 0 Å². The number of ether oxygens (including phenoxy) is 2. The van der Waals surface area contributed by atoms with Crippen molar-refractivity contribution in [2.24, 2.45) is 0 Å². The minimum atomic E-state index is 0.636. The molecule has 0 aliphatic heterocycles. The van der Waals surface area contributed by atoms with Crippen molar-refractivity contribution in [2.45, 2.75) is 19.8 Å². The van der Waals surface area contributed by atoms with Crippen LogP contribution < -0.4 is 9.47 Å². The summed E-state index contributed by atoms with van der Waals surface area (Å²) in [5.74, 6) is 2.30. The lowest BCUT2D eigenvalue weighted by Crippen LogP contribution is -1.96. The monoisotopic (exact) mass is 270 g/mol. The molecular weight excluding hydrogens is 252 g/mol. The number of benzene rings is 2. The van der Waals surface area contributed by atoms with Gasteiger partial charge in [-0.05, 0) is 55.0 Å². The van der Waals surface area contributed by atoms with E-state index < -0.39 is 0 Å². The van der Waals surface area contributed by atoms with Crippen LogP contribution in [0.1, 0.15) is 30.1 Å². The summed E-state index contributed by atoms with van der Waals surface area (Å²) in [6, 6.07) is 14.5. The van der Waals surface area contributed by atoms with Crippen LogP contribution in [0.3, 0.4) is 0 Å². The molecule has 0 N–H and O–H groups in total.